The second-order valence-corrected chi connectivity index (χ2v) is 8.77. The van der Waals surface area contributed by atoms with Gasteiger partial charge in [0.05, 0.1) is 0 Å². The number of urea groups is 1. The lowest BCUT2D eigenvalue weighted by molar-refractivity contribution is -0.136. The van der Waals surface area contributed by atoms with E-state index in [1.165, 1.54) is 12.1 Å². The molecule has 0 unspecified atom stereocenters. The van der Waals surface area contributed by atoms with Crippen LogP contribution in [0, 0.1) is 24.1 Å². The summed E-state index contributed by atoms with van der Waals surface area (Å²) < 4.78 is 13.4. The number of aryl methyl sites for hydroxylation is 1. The highest BCUT2D eigenvalue weighted by molar-refractivity contribution is 6.10. The van der Waals surface area contributed by atoms with Crippen molar-refractivity contribution >= 4 is 23.5 Å². The van der Waals surface area contributed by atoms with Gasteiger partial charge in [0.25, 0.3) is 5.91 Å². The van der Waals surface area contributed by atoms with E-state index in [4.69, 9.17) is 0 Å². The van der Waals surface area contributed by atoms with Crippen LogP contribution in [0.25, 0.3) is 0 Å². The summed E-state index contributed by atoms with van der Waals surface area (Å²) in [7, 11) is 0. The zero-order valence-electron chi connectivity index (χ0n) is 16.2. The zero-order valence-corrected chi connectivity index (χ0v) is 16.2. The van der Waals surface area contributed by atoms with Crippen LogP contribution in [0.3, 0.4) is 0 Å². The van der Waals surface area contributed by atoms with Crippen LogP contribution in [0.1, 0.15) is 45.6 Å². The quantitative estimate of drug-likeness (QED) is 0.797. The van der Waals surface area contributed by atoms with Gasteiger partial charge in [-0.1, -0.05) is 26.8 Å². The van der Waals surface area contributed by atoms with E-state index < -0.39 is 29.8 Å². The highest BCUT2D eigenvalue weighted by atomic mass is 19.1. The van der Waals surface area contributed by atoms with Crippen molar-refractivity contribution in [2.45, 2.75) is 52.5 Å². The van der Waals surface area contributed by atoms with Crippen molar-refractivity contribution in [3.8, 4) is 0 Å². The Morgan fingerprint density at radius 3 is 2.70 bits per heavy atom. The van der Waals surface area contributed by atoms with Crippen LogP contribution in [0.4, 0.5) is 14.9 Å². The molecule has 146 valence electrons. The number of hydrogen-bond donors (Lipinski definition) is 2. The molecule has 1 aliphatic carbocycles. The van der Waals surface area contributed by atoms with Gasteiger partial charge in [-0.05, 0) is 55.2 Å². The summed E-state index contributed by atoms with van der Waals surface area (Å²) >= 11 is 0. The molecule has 0 bridgehead atoms. The minimum Gasteiger partial charge on any atom is -0.324 e. The van der Waals surface area contributed by atoms with Crippen molar-refractivity contribution < 1.29 is 18.8 Å². The third-order valence-electron chi connectivity index (χ3n) is 5.40. The van der Waals surface area contributed by atoms with Crippen LogP contribution in [-0.2, 0) is 9.59 Å². The van der Waals surface area contributed by atoms with Crippen molar-refractivity contribution in [3.63, 3.8) is 0 Å². The summed E-state index contributed by atoms with van der Waals surface area (Å²) in [6.07, 6.45) is 2.11. The Kier molecular flexibility index (Phi) is 4.74. The van der Waals surface area contributed by atoms with Gasteiger partial charge < -0.3 is 10.6 Å². The molecule has 1 heterocycles. The van der Waals surface area contributed by atoms with Gasteiger partial charge in [0.1, 0.15) is 17.9 Å². The van der Waals surface area contributed by atoms with Crippen LogP contribution < -0.4 is 10.6 Å². The Labute approximate surface area is 158 Å². The van der Waals surface area contributed by atoms with Gasteiger partial charge in [-0.15, -0.1) is 0 Å². The number of nitrogens with zero attached hydrogens (tertiary/aromatic N) is 1. The van der Waals surface area contributed by atoms with Gasteiger partial charge in [0.2, 0.25) is 5.91 Å². The van der Waals surface area contributed by atoms with Crippen molar-refractivity contribution in [1.82, 2.24) is 10.2 Å². The minimum absolute atomic E-state index is 0.0719. The predicted molar refractivity (Wildman–Crippen MR) is 99.5 cm³/mol. The fourth-order valence-electron chi connectivity index (χ4n) is 4.71. The van der Waals surface area contributed by atoms with Gasteiger partial charge >= 0.3 is 6.03 Å². The highest BCUT2D eigenvalue weighted by Crippen LogP contribution is 2.46. The molecule has 1 spiro atoms. The second-order valence-electron chi connectivity index (χ2n) is 8.77. The summed E-state index contributed by atoms with van der Waals surface area (Å²) in [5.41, 5.74) is 0.0145. The molecule has 7 heteroatoms. The zero-order chi connectivity index (χ0) is 20.0. The SMILES string of the molecule is Cc1ccc(F)cc1NC(=O)CN1C(=O)N[C@@]2(C[C@@H](C)CC(C)(C)C2)C1=O. The minimum atomic E-state index is -0.937. The molecule has 6 nitrogen and oxygen atoms in total. The molecule has 3 rings (SSSR count). The lowest BCUT2D eigenvalue weighted by Gasteiger charge is -2.43. The summed E-state index contributed by atoms with van der Waals surface area (Å²) in [6, 6.07) is 3.53. The highest BCUT2D eigenvalue weighted by Gasteiger charge is 2.56. The van der Waals surface area contributed by atoms with E-state index in [2.05, 4.69) is 31.4 Å². The van der Waals surface area contributed by atoms with E-state index in [0.717, 1.165) is 11.3 Å². The molecule has 0 aromatic heterocycles. The number of amides is 4. The average Bonchev–Trinajstić information content (AvgIpc) is 2.72. The molecule has 2 aliphatic rings. The number of carbonyl (C=O) groups is 3. The van der Waals surface area contributed by atoms with Crippen LogP contribution in [0.15, 0.2) is 18.2 Å². The number of halogens is 1. The standard InChI is InChI=1S/C20H26FN3O3/c1-12-8-19(3,4)11-20(9-12)17(26)24(18(27)23-20)10-16(25)22-15-7-14(21)6-5-13(15)2/h5-7,12H,8-11H2,1-4H3,(H,22,25)(H,23,27)/t12-,20+/m0/s1. The fraction of sp³-hybridized carbons (Fsp3) is 0.550. The van der Waals surface area contributed by atoms with Crippen LogP contribution >= 0.6 is 0 Å². The van der Waals surface area contributed by atoms with E-state index in [9.17, 15) is 18.8 Å². The Morgan fingerprint density at radius 1 is 1.33 bits per heavy atom. The molecule has 0 radical (unpaired) electrons. The van der Waals surface area contributed by atoms with Gasteiger partial charge in [0.15, 0.2) is 0 Å². The van der Waals surface area contributed by atoms with Crippen molar-refractivity contribution in [2.24, 2.45) is 11.3 Å². The van der Waals surface area contributed by atoms with Crippen molar-refractivity contribution in [1.29, 1.82) is 0 Å². The lowest BCUT2D eigenvalue weighted by atomic mass is 9.64. The Hall–Kier alpha value is -2.44. The van der Waals surface area contributed by atoms with Crippen LogP contribution in [0.2, 0.25) is 0 Å². The molecule has 1 saturated carbocycles. The van der Waals surface area contributed by atoms with Gasteiger partial charge in [-0.2, -0.15) is 0 Å². The van der Waals surface area contributed by atoms with Crippen LogP contribution in [-0.4, -0.2) is 34.8 Å². The Morgan fingerprint density at radius 2 is 2.04 bits per heavy atom. The number of imide groups is 1. The number of benzene rings is 1. The van der Waals surface area contributed by atoms with E-state index in [0.29, 0.717) is 30.0 Å². The first-order valence-corrected chi connectivity index (χ1v) is 9.21. The van der Waals surface area contributed by atoms with E-state index in [1.807, 2.05) is 0 Å². The van der Waals surface area contributed by atoms with Crippen molar-refractivity contribution in [2.75, 3.05) is 11.9 Å². The maximum absolute atomic E-state index is 13.4. The lowest BCUT2D eigenvalue weighted by Crippen LogP contribution is -2.54. The molecular weight excluding hydrogens is 349 g/mol. The molecule has 27 heavy (non-hydrogen) atoms. The third-order valence-corrected chi connectivity index (χ3v) is 5.40. The largest absolute Gasteiger partial charge is 0.325 e. The number of rotatable bonds is 3. The fourth-order valence-corrected chi connectivity index (χ4v) is 4.71. The molecule has 1 aromatic rings. The first kappa shape index (κ1) is 19.3. The van der Waals surface area contributed by atoms with E-state index >= 15 is 0 Å². The summed E-state index contributed by atoms with van der Waals surface area (Å²) in [5, 5.41) is 5.42. The molecular formula is C20H26FN3O3. The van der Waals surface area contributed by atoms with E-state index in [1.54, 1.807) is 13.0 Å². The number of nitrogens with one attached hydrogen (secondary N) is 2. The molecule has 2 N–H and O–H groups in total. The Balaban J connectivity index is 1.74. The topological polar surface area (TPSA) is 78.5 Å². The maximum Gasteiger partial charge on any atom is 0.325 e. The number of hydrogen-bond acceptors (Lipinski definition) is 3. The van der Waals surface area contributed by atoms with E-state index in [-0.39, 0.29) is 11.3 Å². The molecule has 1 saturated heterocycles. The first-order valence-electron chi connectivity index (χ1n) is 9.21. The van der Waals surface area contributed by atoms with Crippen molar-refractivity contribution in [3.05, 3.63) is 29.6 Å². The van der Waals surface area contributed by atoms with Gasteiger partial charge in [-0.3, -0.25) is 14.5 Å². The summed E-state index contributed by atoms with van der Waals surface area (Å²) in [4.78, 5) is 38.8. The Bertz CT molecular complexity index is 808. The second kappa shape index (κ2) is 6.62. The number of anilines is 1. The maximum atomic E-state index is 13.4. The average molecular weight is 375 g/mol. The molecule has 1 aliphatic heterocycles. The van der Waals surface area contributed by atoms with Gasteiger partial charge in [-0.25, -0.2) is 9.18 Å². The first-order chi connectivity index (χ1) is 12.5. The monoisotopic (exact) mass is 375 g/mol. The predicted octanol–water partition coefficient (Wildman–Crippen LogP) is 3.21. The molecule has 2 atom stereocenters. The number of carbonyl (C=O) groups excluding carboxylic acids is 3. The molecule has 4 amide bonds. The summed E-state index contributed by atoms with van der Waals surface area (Å²) in [5.74, 6) is -1.06. The molecule has 2 fully saturated rings. The molecule has 1 aromatic carbocycles. The van der Waals surface area contributed by atoms with Crippen LogP contribution in [0.5, 0.6) is 0 Å². The van der Waals surface area contributed by atoms with Gasteiger partial charge in [0, 0.05) is 5.69 Å². The third kappa shape index (κ3) is 3.82. The summed E-state index contributed by atoms with van der Waals surface area (Å²) in [6.45, 7) is 7.60. The normalized spacial score (nSPS) is 27.0. The smallest absolute Gasteiger partial charge is 0.324 e.